The highest BCUT2D eigenvalue weighted by molar-refractivity contribution is 5.92. The molecule has 4 heteroatoms. The topological polar surface area (TPSA) is 78.9 Å². The Kier molecular flexibility index (Phi) is 3.87. The summed E-state index contributed by atoms with van der Waals surface area (Å²) in [4.78, 5) is 12.1. The Bertz CT molecular complexity index is 521. The summed E-state index contributed by atoms with van der Waals surface area (Å²) >= 11 is 0. The first kappa shape index (κ1) is 13.6. The summed E-state index contributed by atoms with van der Waals surface area (Å²) in [6.07, 6.45) is 3.70. The van der Waals surface area contributed by atoms with E-state index in [1.807, 2.05) is 13.0 Å². The smallest absolute Gasteiger partial charge is 0.224 e. The van der Waals surface area contributed by atoms with Crippen LogP contribution in [0.4, 0.5) is 5.69 Å². The number of benzene rings is 1. The molecule has 0 unspecified atom stereocenters. The molecule has 0 bridgehead atoms. The minimum absolute atomic E-state index is 0.00479. The highest BCUT2D eigenvalue weighted by atomic mass is 16.1. The van der Waals surface area contributed by atoms with Crippen LogP contribution in [-0.2, 0) is 4.79 Å². The van der Waals surface area contributed by atoms with E-state index in [-0.39, 0.29) is 11.3 Å². The van der Waals surface area contributed by atoms with Gasteiger partial charge in [0.2, 0.25) is 5.91 Å². The second kappa shape index (κ2) is 5.41. The Morgan fingerprint density at radius 3 is 2.79 bits per heavy atom. The second-order valence-corrected chi connectivity index (χ2v) is 5.42. The van der Waals surface area contributed by atoms with Gasteiger partial charge in [0.15, 0.2) is 0 Å². The van der Waals surface area contributed by atoms with Gasteiger partial charge >= 0.3 is 0 Å². The first-order valence-corrected chi connectivity index (χ1v) is 6.59. The van der Waals surface area contributed by atoms with Crippen LogP contribution in [0.1, 0.15) is 36.8 Å². The predicted molar refractivity (Wildman–Crippen MR) is 74.5 cm³/mol. The minimum Gasteiger partial charge on any atom is -0.330 e. The van der Waals surface area contributed by atoms with E-state index in [4.69, 9.17) is 11.0 Å². The number of hydrogen-bond donors (Lipinski definition) is 2. The fourth-order valence-electron chi connectivity index (χ4n) is 2.49. The van der Waals surface area contributed by atoms with Crippen LogP contribution in [0.3, 0.4) is 0 Å². The third-order valence-electron chi connectivity index (χ3n) is 4.02. The molecule has 0 heterocycles. The molecule has 0 atom stereocenters. The molecule has 1 aliphatic carbocycles. The van der Waals surface area contributed by atoms with Gasteiger partial charge in [0.05, 0.1) is 11.6 Å². The van der Waals surface area contributed by atoms with Gasteiger partial charge < -0.3 is 11.1 Å². The number of aryl methyl sites for hydroxylation is 1. The van der Waals surface area contributed by atoms with Crippen molar-refractivity contribution in [2.24, 2.45) is 11.1 Å². The van der Waals surface area contributed by atoms with Crippen molar-refractivity contribution in [2.45, 2.75) is 32.6 Å². The molecule has 0 spiro atoms. The Morgan fingerprint density at radius 1 is 1.53 bits per heavy atom. The van der Waals surface area contributed by atoms with Gasteiger partial charge in [0.1, 0.15) is 0 Å². The van der Waals surface area contributed by atoms with Crippen molar-refractivity contribution in [3.63, 3.8) is 0 Å². The lowest BCUT2D eigenvalue weighted by Gasteiger charge is -2.40. The first-order valence-electron chi connectivity index (χ1n) is 6.59. The Morgan fingerprint density at radius 2 is 2.26 bits per heavy atom. The van der Waals surface area contributed by atoms with Gasteiger partial charge in [-0.2, -0.15) is 5.26 Å². The maximum Gasteiger partial charge on any atom is 0.224 e. The average Bonchev–Trinajstić information content (AvgIpc) is 2.36. The standard InChI is InChI=1S/C15H19N3O/c1-11-3-4-12(9-16)7-13(11)18-14(19)8-15(10-17)5-2-6-15/h3-4,7H,2,5-6,8,10,17H2,1H3,(H,18,19). The molecule has 0 saturated heterocycles. The fraction of sp³-hybridized carbons (Fsp3) is 0.467. The molecule has 19 heavy (non-hydrogen) atoms. The van der Waals surface area contributed by atoms with E-state index in [1.54, 1.807) is 12.1 Å². The molecule has 1 saturated carbocycles. The number of amides is 1. The molecule has 0 aromatic heterocycles. The van der Waals surface area contributed by atoms with Gasteiger partial charge in [-0.05, 0) is 49.4 Å². The van der Waals surface area contributed by atoms with Gasteiger partial charge in [-0.15, -0.1) is 0 Å². The summed E-state index contributed by atoms with van der Waals surface area (Å²) < 4.78 is 0. The molecular weight excluding hydrogens is 238 g/mol. The highest BCUT2D eigenvalue weighted by Crippen LogP contribution is 2.43. The number of carbonyl (C=O) groups excluding carboxylic acids is 1. The Hall–Kier alpha value is -1.86. The largest absolute Gasteiger partial charge is 0.330 e. The van der Waals surface area contributed by atoms with Crippen molar-refractivity contribution >= 4 is 11.6 Å². The fourth-order valence-corrected chi connectivity index (χ4v) is 2.49. The van der Waals surface area contributed by atoms with Crippen LogP contribution in [0.2, 0.25) is 0 Å². The molecule has 100 valence electrons. The average molecular weight is 257 g/mol. The van der Waals surface area contributed by atoms with Gasteiger partial charge in [-0.3, -0.25) is 4.79 Å². The van der Waals surface area contributed by atoms with E-state index in [2.05, 4.69) is 11.4 Å². The second-order valence-electron chi connectivity index (χ2n) is 5.42. The van der Waals surface area contributed by atoms with Gasteiger partial charge in [0.25, 0.3) is 0 Å². The SMILES string of the molecule is Cc1ccc(C#N)cc1NC(=O)CC1(CN)CCC1. The van der Waals surface area contributed by atoms with E-state index in [0.717, 1.165) is 30.5 Å². The molecule has 3 N–H and O–H groups in total. The van der Waals surface area contributed by atoms with Crippen molar-refractivity contribution in [3.8, 4) is 6.07 Å². The Balaban J connectivity index is 2.05. The molecule has 1 aromatic carbocycles. The lowest BCUT2D eigenvalue weighted by Crippen LogP contribution is -2.40. The number of hydrogen-bond acceptors (Lipinski definition) is 3. The molecule has 2 rings (SSSR count). The van der Waals surface area contributed by atoms with Crippen molar-refractivity contribution in [2.75, 3.05) is 11.9 Å². The van der Waals surface area contributed by atoms with Crippen LogP contribution < -0.4 is 11.1 Å². The zero-order valence-corrected chi connectivity index (χ0v) is 11.2. The van der Waals surface area contributed by atoms with Gasteiger partial charge in [0, 0.05) is 12.1 Å². The van der Waals surface area contributed by atoms with Crippen LogP contribution >= 0.6 is 0 Å². The number of carbonyl (C=O) groups is 1. The quantitative estimate of drug-likeness (QED) is 0.868. The van der Waals surface area contributed by atoms with E-state index < -0.39 is 0 Å². The van der Waals surface area contributed by atoms with E-state index in [9.17, 15) is 4.79 Å². The van der Waals surface area contributed by atoms with Gasteiger partial charge in [-0.1, -0.05) is 12.5 Å². The van der Waals surface area contributed by atoms with Crippen molar-refractivity contribution in [3.05, 3.63) is 29.3 Å². The number of rotatable bonds is 4. The minimum atomic E-state index is -0.0108. The normalized spacial score (nSPS) is 16.3. The van der Waals surface area contributed by atoms with Crippen LogP contribution in [0, 0.1) is 23.7 Å². The molecule has 1 amide bonds. The maximum absolute atomic E-state index is 12.1. The zero-order valence-electron chi connectivity index (χ0n) is 11.2. The first-order chi connectivity index (χ1) is 9.08. The molecule has 0 radical (unpaired) electrons. The number of nitrogens with two attached hydrogens (primary N) is 1. The number of nitriles is 1. The Labute approximate surface area is 113 Å². The third-order valence-corrected chi connectivity index (χ3v) is 4.02. The summed E-state index contributed by atoms with van der Waals surface area (Å²) in [7, 11) is 0. The molecule has 0 aliphatic heterocycles. The molecular formula is C15H19N3O. The monoisotopic (exact) mass is 257 g/mol. The predicted octanol–water partition coefficient (Wildman–Crippen LogP) is 2.32. The molecule has 1 aromatic rings. The van der Waals surface area contributed by atoms with Crippen LogP contribution in [0.15, 0.2) is 18.2 Å². The lowest BCUT2D eigenvalue weighted by atomic mass is 9.66. The summed E-state index contributed by atoms with van der Waals surface area (Å²) in [5.74, 6) is -0.0108. The van der Waals surface area contributed by atoms with Crippen LogP contribution in [0.5, 0.6) is 0 Å². The number of anilines is 1. The maximum atomic E-state index is 12.1. The summed E-state index contributed by atoms with van der Waals surface area (Å²) in [6, 6.07) is 7.38. The van der Waals surface area contributed by atoms with E-state index >= 15 is 0 Å². The third kappa shape index (κ3) is 2.94. The molecule has 1 aliphatic rings. The molecule has 1 fully saturated rings. The van der Waals surface area contributed by atoms with Crippen molar-refractivity contribution in [1.82, 2.24) is 0 Å². The zero-order chi connectivity index (χ0) is 13.9. The van der Waals surface area contributed by atoms with Crippen LogP contribution in [-0.4, -0.2) is 12.5 Å². The summed E-state index contributed by atoms with van der Waals surface area (Å²) in [5, 5.41) is 11.8. The highest BCUT2D eigenvalue weighted by Gasteiger charge is 2.37. The number of nitrogens with one attached hydrogen (secondary N) is 1. The van der Waals surface area contributed by atoms with Crippen molar-refractivity contribution < 1.29 is 4.79 Å². The van der Waals surface area contributed by atoms with Crippen LogP contribution in [0.25, 0.3) is 0 Å². The molecule has 4 nitrogen and oxygen atoms in total. The summed E-state index contributed by atoms with van der Waals surface area (Å²) in [5.41, 5.74) is 8.00. The lowest BCUT2D eigenvalue weighted by molar-refractivity contribution is -0.119. The van der Waals surface area contributed by atoms with Gasteiger partial charge in [-0.25, -0.2) is 0 Å². The number of nitrogens with zero attached hydrogens (tertiary/aromatic N) is 1. The van der Waals surface area contributed by atoms with Crippen molar-refractivity contribution in [1.29, 1.82) is 5.26 Å². The van der Waals surface area contributed by atoms with E-state index in [1.165, 1.54) is 0 Å². The summed E-state index contributed by atoms with van der Waals surface area (Å²) in [6.45, 7) is 2.48. The van der Waals surface area contributed by atoms with E-state index in [0.29, 0.717) is 18.5 Å².